The number of alkyl halides is 1. The number of hydrogen-bond donors (Lipinski definition) is 0. The summed E-state index contributed by atoms with van der Waals surface area (Å²) in [5, 5.41) is 1.80. The van der Waals surface area contributed by atoms with E-state index >= 15 is 0 Å². The average Bonchev–Trinajstić information content (AvgIpc) is 2.47. The van der Waals surface area contributed by atoms with Gasteiger partial charge in [-0.2, -0.15) is 0 Å². The Morgan fingerprint density at radius 3 is 2.70 bits per heavy atom. The monoisotopic (exact) mass is 379 g/mol. The second-order valence-corrected chi connectivity index (χ2v) is 6.31. The molecule has 0 aromatic heterocycles. The van der Waals surface area contributed by atoms with Crippen molar-refractivity contribution in [2.45, 2.75) is 18.9 Å². The number of likely N-dealkylation sites (tertiary alicyclic amines) is 1. The van der Waals surface area contributed by atoms with Crippen molar-refractivity contribution in [1.82, 2.24) is 4.90 Å². The van der Waals surface area contributed by atoms with E-state index in [2.05, 4.69) is 15.9 Å². The summed E-state index contributed by atoms with van der Waals surface area (Å²) in [6.45, 7) is 2.09. The molecule has 6 heteroatoms. The highest BCUT2D eigenvalue weighted by atomic mass is 79.9. The third-order valence-electron chi connectivity index (χ3n) is 3.32. The molecule has 1 saturated heterocycles. The second-order valence-electron chi connectivity index (χ2n) is 4.68. The van der Waals surface area contributed by atoms with Gasteiger partial charge in [0.15, 0.2) is 0 Å². The molecule has 0 bridgehead atoms. The van der Waals surface area contributed by atoms with Gasteiger partial charge in [-0.15, -0.1) is 0 Å². The first-order valence-electron chi connectivity index (χ1n) is 6.53. The number of carbonyl (C=O) groups excluding carboxylic acids is 1. The van der Waals surface area contributed by atoms with Gasteiger partial charge in [-0.3, -0.25) is 4.79 Å². The molecule has 0 spiro atoms. The van der Waals surface area contributed by atoms with Crippen LogP contribution >= 0.6 is 39.1 Å². The number of carbonyl (C=O) groups is 1. The van der Waals surface area contributed by atoms with Crippen LogP contribution in [-0.4, -0.2) is 41.9 Å². The first-order valence-corrected chi connectivity index (χ1v) is 8.41. The van der Waals surface area contributed by atoms with Crippen LogP contribution in [0.25, 0.3) is 0 Å². The summed E-state index contributed by atoms with van der Waals surface area (Å²) in [5.74, 6) is -0.0589. The normalized spacial score (nSPS) is 16.4. The molecule has 1 aliphatic heterocycles. The van der Waals surface area contributed by atoms with E-state index in [0.717, 1.165) is 18.2 Å². The van der Waals surface area contributed by atoms with Crippen molar-refractivity contribution >= 4 is 45.0 Å². The molecule has 1 aromatic rings. The van der Waals surface area contributed by atoms with E-state index < -0.39 is 0 Å². The zero-order valence-corrected chi connectivity index (χ0v) is 14.0. The molecular formula is C14H16BrCl2NO2. The molecule has 0 unspecified atom stereocenters. The molecule has 1 aliphatic rings. The van der Waals surface area contributed by atoms with Crippen LogP contribution in [0.2, 0.25) is 10.0 Å². The van der Waals surface area contributed by atoms with Crippen molar-refractivity contribution in [3.8, 4) is 0 Å². The predicted molar refractivity (Wildman–Crippen MR) is 85.1 cm³/mol. The van der Waals surface area contributed by atoms with Gasteiger partial charge in [0.1, 0.15) is 0 Å². The van der Waals surface area contributed by atoms with Crippen LogP contribution in [0.3, 0.4) is 0 Å². The first-order chi connectivity index (χ1) is 9.61. The third kappa shape index (κ3) is 4.10. The van der Waals surface area contributed by atoms with Crippen molar-refractivity contribution in [1.29, 1.82) is 0 Å². The molecular weight excluding hydrogens is 365 g/mol. The largest absolute Gasteiger partial charge is 0.377 e. The van der Waals surface area contributed by atoms with E-state index in [4.69, 9.17) is 27.9 Å². The molecule has 0 atom stereocenters. The van der Waals surface area contributed by atoms with Crippen LogP contribution in [0, 0.1) is 0 Å². The Labute approximate surface area is 137 Å². The van der Waals surface area contributed by atoms with Crippen LogP contribution in [0.5, 0.6) is 0 Å². The minimum atomic E-state index is -0.0589. The Bertz CT molecular complexity index is 476. The third-order valence-corrected chi connectivity index (χ3v) is 4.21. The summed E-state index contributed by atoms with van der Waals surface area (Å²) in [4.78, 5) is 14.2. The standard InChI is InChI=1S/C14H16BrCl2NO2/c15-5-8-20-11-3-6-18(7-4-11)14(19)12-9-10(16)1-2-13(12)17/h1-2,9,11H,3-8H2. The van der Waals surface area contributed by atoms with Gasteiger partial charge in [0.25, 0.3) is 5.91 Å². The van der Waals surface area contributed by atoms with Gasteiger partial charge in [0.2, 0.25) is 0 Å². The lowest BCUT2D eigenvalue weighted by Gasteiger charge is -2.32. The molecule has 1 fully saturated rings. The first kappa shape index (κ1) is 16.1. The number of benzene rings is 1. The highest BCUT2D eigenvalue weighted by Crippen LogP contribution is 2.24. The van der Waals surface area contributed by atoms with Gasteiger partial charge in [-0.25, -0.2) is 0 Å². The molecule has 0 N–H and O–H groups in total. The number of nitrogens with zero attached hydrogens (tertiary/aromatic N) is 1. The molecule has 1 heterocycles. The van der Waals surface area contributed by atoms with E-state index in [1.54, 1.807) is 18.2 Å². The molecule has 110 valence electrons. The fourth-order valence-electron chi connectivity index (χ4n) is 2.27. The predicted octanol–water partition coefficient (Wildman–Crippen LogP) is 4.01. The second kappa shape index (κ2) is 7.64. The summed E-state index contributed by atoms with van der Waals surface area (Å²) < 4.78 is 5.68. The van der Waals surface area contributed by atoms with E-state index in [-0.39, 0.29) is 12.0 Å². The van der Waals surface area contributed by atoms with Gasteiger partial charge >= 0.3 is 0 Å². The lowest BCUT2D eigenvalue weighted by molar-refractivity contribution is 0.0160. The van der Waals surface area contributed by atoms with Crippen LogP contribution < -0.4 is 0 Å². The van der Waals surface area contributed by atoms with E-state index in [1.165, 1.54) is 0 Å². The van der Waals surface area contributed by atoms with Crippen molar-refractivity contribution < 1.29 is 9.53 Å². The number of rotatable bonds is 4. The Kier molecular flexibility index (Phi) is 6.15. The smallest absolute Gasteiger partial charge is 0.255 e. The fraction of sp³-hybridized carbons (Fsp3) is 0.500. The van der Waals surface area contributed by atoms with E-state index in [9.17, 15) is 4.79 Å². The number of hydrogen-bond acceptors (Lipinski definition) is 2. The molecule has 1 aromatic carbocycles. The van der Waals surface area contributed by atoms with Gasteiger partial charge in [-0.05, 0) is 31.0 Å². The van der Waals surface area contributed by atoms with Crippen LogP contribution in [0.1, 0.15) is 23.2 Å². The Morgan fingerprint density at radius 1 is 1.35 bits per heavy atom. The maximum atomic E-state index is 12.4. The molecule has 0 saturated carbocycles. The zero-order chi connectivity index (χ0) is 14.5. The van der Waals surface area contributed by atoms with E-state index in [1.807, 2.05) is 4.90 Å². The van der Waals surface area contributed by atoms with Gasteiger partial charge in [-0.1, -0.05) is 39.1 Å². The van der Waals surface area contributed by atoms with Gasteiger partial charge < -0.3 is 9.64 Å². The Hall–Kier alpha value is -0.290. The molecule has 3 nitrogen and oxygen atoms in total. The van der Waals surface area contributed by atoms with Crippen molar-refractivity contribution in [3.05, 3.63) is 33.8 Å². The molecule has 0 radical (unpaired) electrons. The zero-order valence-electron chi connectivity index (χ0n) is 10.9. The maximum absolute atomic E-state index is 12.4. The topological polar surface area (TPSA) is 29.5 Å². The van der Waals surface area contributed by atoms with Crippen molar-refractivity contribution in [2.24, 2.45) is 0 Å². The fourth-order valence-corrected chi connectivity index (χ4v) is 2.83. The quantitative estimate of drug-likeness (QED) is 0.738. The maximum Gasteiger partial charge on any atom is 0.255 e. The molecule has 20 heavy (non-hydrogen) atoms. The lowest BCUT2D eigenvalue weighted by Crippen LogP contribution is -2.41. The van der Waals surface area contributed by atoms with Crippen LogP contribution in [-0.2, 0) is 4.74 Å². The molecule has 0 aliphatic carbocycles. The summed E-state index contributed by atoms with van der Waals surface area (Å²) in [7, 11) is 0. The van der Waals surface area contributed by atoms with Crippen molar-refractivity contribution in [3.63, 3.8) is 0 Å². The minimum Gasteiger partial charge on any atom is -0.377 e. The summed E-state index contributed by atoms with van der Waals surface area (Å²) in [6, 6.07) is 4.96. The number of piperidine rings is 1. The number of amides is 1. The highest BCUT2D eigenvalue weighted by Gasteiger charge is 2.25. The Morgan fingerprint density at radius 2 is 2.05 bits per heavy atom. The number of ether oxygens (including phenoxy) is 1. The number of halogens is 3. The van der Waals surface area contributed by atoms with Gasteiger partial charge in [0, 0.05) is 23.4 Å². The molecule has 2 rings (SSSR count). The SMILES string of the molecule is O=C(c1cc(Cl)ccc1Cl)N1CCC(OCCBr)CC1. The van der Waals surface area contributed by atoms with E-state index in [0.29, 0.717) is 35.3 Å². The summed E-state index contributed by atoms with van der Waals surface area (Å²) in [5.41, 5.74) is 0.471. The van der Waals surface area contributed by atoms with Crippen molar-refractivity contribution in [2.75, 3.05) is 25.0 Å². The minimum absolute atomic E-state index is 0.0589. The van der Waals surface area contributed by atoms with Crippen LogP contribution in [0.4, 0.5) is 0 Å². The summed E-state index contributed by atoms with van der Waals surface area (Å²) >= 11 is 15.3. The average molecular weight is 381 g/mol. The Balaban J connectivity index is 1.96. The lowest BCUT2D eigenvalue weighted by atomic mass is 10.1. The highest BCUT2D eigenvalue weighted by molar-refractivity contribution is 9.09. The van der Waals surface area contributed by atoms with Gasteiger partial charge in [0.05, 0.1) is 23.3 Å². The molecule has 1 amide bonds. The van der Waals surface area contributed by atoms with Crippen LogP contribution in [0.15, 0.2) is 18.2 Å². The summed E-state index contributed by atoms with van der Waals surface area (Å²) in [6.07, 6.45) is 1.96.